The first-order valence-corrected chi connectivity index (χ1v) is 14.0. The maximum atomic E-state index is 13.2. The summed E-state index contributed by atoms with van der Waals surface area (Å²) in [5.41, 5.74) is 1.27. The van der Waals surface area contributed by atoms with Crippen LogP contribution in [0.2, 0.25) is 10.0 Å². The van der Waals surface area contributed by atoms with E-state index in [9.17, 15) is 13.2 Å². The van der Waals surface area contributed by atoms with E-state index in [1.54, 1.807) is 36.4 Å². The second-order valence-corrected chi connectivity index (χ2v) is 11.9. The smallest absolute Gasteiger partial charge is 0.280 e. The Morgan fingerprint density at radius 2 is 1.94 bits per heavy atom. The number of carbonyl (C=O) groups excluding carboxylic acids is 1. The number of benzene rings is 2. The van der Waals surface area contributed by atoms with Gasteiger partial charge in [-0.05, 0) is 82.0 Å². The molecule has 4 rings (SSSR count). The topological polar surface area (TPSA) is 101 Å². The Labute approximate surface area is 224 Å². The van der Waals surface area contributed by atoms with Gasteiger partial charge in [0, 0.05) is 16.3 Å². The van der Waals surface area contributed by atoms with Gasteiger partial charge in [0.2, 0.25) is 0 Å². The van der Waals surface area contributed by atoms with Gasteiger partial charge in [-0.15, -0.1) is 0 Å². The summed E-state index contributed by atoms with van der Waals surface area (Å²) in [7, 11) is -4.07. The molecule has 0 saturated heterocycles. The number of fused-ring (bicyclic) bond motifs is 1. The van der Waals surface area contributed by atoms with E-state index in [-0.39, 0.29) is 22.2 Å². The summed E-state index contributed by atoms with van der Waals surface area (Å²) in [6, 6.07) is 11.9. The fourth-order valence-corrected chi connectivity index (χ4v) is 5.97. The zero-order valence-corrected chi connectivity index (χ0v) is 22.9. The van der Waals surface area contributed by atoms with Crippen LogP contribution in [0, 0.1) is 3.57 Å². The highest BCUT2D eigenvalue weighted by Crippen LogP contribution is 2.28. The molecule has 1 unspecified atom stereocenters. The van der Waals surface area contributed by atoms with Crippen molar-refractivity contribution in [3.63, 3.8) is 0 Å². The molecule has 1 atom stereocenters. The third-order valence-corrected chi connectivity index (χ3v) is 8.55. The molecule has 2 aromatic carbocycles. The van der Waals surface area contributed by atoms with Crippen LogP contribution in [0.15, 0.2) is 59.9 Å². The molecule has 34 heavy (non-hydrogen) atoms. The van der Waals surface area contributed by atoms with Crippen LogP contribution in [0.5, 0.6) is 0 Å². The van der Waals surface area contributed by atoms with Gasteiger partial charge in [-0.25, -0.2) is 4.98 Å². The van der Waals surface area contributed by atoms with Crippen LogP contribution < -0.4 is 10.0 Å². The number of anilines is 1. The molecule has 0 aliphatic heterocycles. The summed E-state index contributed by atoms with van der Waals surface area (Å²) in [6.45, 7) is 2.26. The maximum Gasteiger partial charge on any atom is 0.280 e. The van der Waals surface area contributed by atoms with Gasteiger partial charge in [0.05, 0.1) is 37.6 Å². The Kier molecular flexibility index (Phi) is 7.63. The average molecular weight is 647 g/mol. The minimum absolute atomic E-state index is 0.0457. The first kappa shape index (κ1) is 25.1. The Balaban J connectivity index is 1.56. The predicted octanol–water partition coefficient (Wildman–Crippen LogP) is 5.94. The second kappa shape index (κ2) is 10.3. The molecule has 0 aliphatic carbocycles. The van der Waals surface area contributed by atoms with E-state index in [2.05, 4.69) is 42.0 Å². The van der Waals surface area contributed by atoms with Crippen LogP contribution in [0.3, 0.4) is 0 Å². The number of amides is 1. The van der Waals surface area contributed by atoms with Gasteiger partial charge >= 0.3 is 0 Å². The molecule has 4 aromatic rings. The summed E-state index contributed by atoms with van der Waals surface area (Å²) in [5, 5.41) is 4.05. The van der Waals surface area contributed by atoms with Crippen molar-refractivity contribution in [2.45, 2.75) is 17.9 Å². The third kappa shape index (κ3) is 5.46. The van der Waals surface area contributed by atoms with Crippen LogP contribution >= 0.6 is 57.3 Å². The molecule has 12 heteroatoms. The van der Waals surface area contributed by atoms with E-state index in [0.717, 1.165) is 9.13 Å². The SMILES string of the molecule is CC(CNC(=O)c1ccc(I)cc1NS(=O)(=O)c1nccc2sncc12)c1ccc(Cl)c(Cl)c1. The van der Waals surface area contributed by atoms with Crippen LogP contribution in [-0.2, 0) is 10.0 Å². The highest BCUT2D eigenvalue weighted by molar-refractivity contribution is 14.1. The van der Waals surface area contributed by atoms with E-state index in [0.29, 0.717) is 26.7 Å². The van der Waals surface area contributed by atoms with E-state index < -0.39 is 15.9 Å². The van der Waals surface area contributed by atoms with Gasteiger partial charge < -0.3 is 5.32 Å². The highest BCUT2D eigenvalue weighted by Gasteiger charge is 2.23. The van der Waals surface area contributed by atoms with Crippen molar-refractivity contribution in [2.75, 3.05) is 11.3 Å². The quantitative estimate of drug-likeness (QED) is 0.242. The molecular formula is C22H17Cl2IN4O3S2. The van der Waals surface area contributed by atoms with Crippen molar-refractivity contribution in [1.29, 1.82) is 0 Å². The second-order valence-electron chi connectivity index (χ2n) is 7.43. The lowest BCUT2D eigenvalue weighted by Gasteiger charge is -2.16. The van der Waals surface area contributed by atoms with Crippen molar-refractivity contribution < 1.29 is 13.2 Å². The normalized spacial score (nSPS) is 12.5. The van der Waals surface area contributed by atoms with Gasteiger partial charge in [0.25, 0.3) is 15.9 Å². The number of nitrogens with one attached hydrogen (secondary N) is 2. The van der Waals surface area contributed by atoms with E-state index >= 15 is 0 Å². The molecule has 0 aliphatic rings. The summed E-state index contributed by atoms with van der Waals surface area (Å²) in [5.74, 6) is -0.458. The predicted molar refractivity (Wildman–Crippen MR) is 145 cm³/mol. The minimum Gasteiger partial charge on any atom is -0.351 e. The third-order valence-electron chi connectivity index (χ3n) is 5.05. The molecule has 2 heterocycles. The summed E-state index contributed by atoms with van der Waals surface area (Å²) >= 11 is 15.3. The fourth-order valence-electron chi connectivity index (χ4n) is 3.26. The Hall–Kier alpha value is -1.99. The number of sulfonamides is 1. The zero-order valence-electron chi connectivity index (χ0n) is 17.6. The molecule has 7 nitrogen and oxygen atoms in total. The molecule has 0 bridgehead atoms. The monoisotopic (exact) mass is 646 g/mol. The molecule has 2 aromatic heterocycles. The molecule has 0 spiro atoms. The molecule has 0 fully saturated rings. The van der Waals surface area contributed by atoms with Crippen LogP contribution in [0.4, 0.5) is 5.69 Å². The molecule has 176 valence electrons. The van der Waals surface area contributed by atoms with Gasteiger partial charge in [-0.1, -0.05) is 36.2 Å². The van der Waals surface area contributed by atoms with Gasteiger partial charge in [0.1, 0.15) is 0 Å². The summed E-state index contributed by atoms with van der Waals surface area (Å²) in [6.07, 6.45) is 2.89. The molecular weight excluding hydrogens is 630 g/mol. The number of halogens is 3. The first-order chi connectivity index (χ1) is 16.2. The summed E-state index contributed by atoms with van der Waals surface area (Å²) < 4.78 is 34.4. The highest BCUT2D eigenvalue weighted by atomic mass is 127. The van der Waals surface area contributed by atoms with Gasteiger partial charge in [0.15, 0.2) is 5.03 Å². The molecule has 0 radical (unpaired) electrons. The largest absolute Gasteiger partial charge is 0.351 e. The lowest BCUT2D eigenvalue weighted by atomic mass is 10.0. The van der Waals surface area contributed by atoms with Gasteiger partial charge in [-0.3, -0.25) is 9.52 Å². The Morgan fingerprint density at radius 3 is 2.71 bits per heavy atom. The first-order valence-electron chi connectivity index (χ1n) is 9.90. The number of carbonyl (C=O) groups is 1. The number of pyridine rings is 1. The number of hydrogen-bond acceptors (Lipinski definition) is 6. The van der Waals surface area contributed by atoms with Gasteiger partial charge in [-0.2, -0.15) is 12.8 Å². The zero-order chi connectivity index (χ0) is 24.5. The Morgan fingerprint density at radius 1 is 1.15 bits per heavy atom. The Bertz CT molecular complexity index is 1490. The number of rotatable bonds is 7. The van der Waals surface area contributed by atoms with Crippen molar-refractivity contribution in [3.8, 4) is 0 Å². The molecule has 1 amide bonds. The number of aromatic nitrogens is 2. The van der Waals surface area contributed by atoms with Crippen molar-refractivity contribution in [2.24, 2.45) is 0 Å². The fraction of sp³-hybridized carbons (Fsp3) is 0.136. The lowest BCUT2D eigenvalue weighted by molar-refractivity contribution is 0.0952. The minimum atomic E-state index is -4.07. The van der Waals surface area contributed by atoms with Crippen molar-refractivity contribution in [3.05, 3.63) is 79.6 Å². The number of nitrogens with zero attached hydrogens (tertiary/aromatic N) is 2. The molecule has 0 saturated carbocycles. The lowest BCUT2D eigenvalue weighted by Crippen LogP contribution is -2.29. The standard InChI is InChI=1S/C22H17Cl2IN4O3S2/c1-12(13-2-5-17(23)18(24)8-13)10-27-21(30)15-4-3-14(25)9-19(15)29-34(31,32)22-16-11-28-33-20(16)6-7-26-22/h2-9,11-12,29H,10H2,1H3,(H,27,30). The van der Waals surface area contributed by atoms with Crippen LogP contribution in [-0.4, -0.2) is 30.2 Å². The van der Waals surface area contributed by atoms with Crippen molar-refractivity contribution >= 4 is 89.0 Å². The van der Waals surface area contributed by atoms with Crippen LogP contribution in [0.1, 0.15) is 28.8 Å². The maximum absolute atomic E-state index is 13.2. The van der Waals surface area contributed by atoms with Crippen LogP contribution in [0.25, 0.3) is 10.1 Å². The van der Waals surface area contributed by atoms with E-state index in [4.69, 9.17) is 23.2 Å². The van der Waals surface area contributed by atoms with Crippen molar-refractivity contribution in [1.82, 2.24) is 14.7 Å². The van der Waals surface area contributed by atoms with E-state index in [1.165, 1.54) is 23.9 Å². The number of hydrogen-bond donors (Lipinski definition) is 2. The average Bonchev–Trinajstić information content (AvgIpc) is 3.27. The van der Waals surface area contributed by atoms with E-state index in [1.807, 2.05) is 13.0 Å². The molecule has 2 N–H and O–H groups in total. The summed E-state index contributed by atoms with van der Waals surface area (Å²) in [4.78, 5) is 17.1.